The topological polar surface area (TPSA) is 27.7 Å². The van der Waals surface area contributed by atoms with Crippen LogP contribution in [-0.2, 0) is 26.7 Å². The fourth-order valence-corrected chi connectivity index (χ4v) is 8.73. The first-order valence-electron chi connectivity index (χ1n) is 7.57. The summed E-state index contributed by atoms with van der Waals surface area (Å²) in [6.45, 7) is 24.7. The first-order chi connectivity index (χ1) is 8.83. The molecular formula is C17H36MoO3. The Bertz CT molecular complexity index is 398. The summed E-state index contributed by atoms with van der Waals surface area (Å²) in [7, 11) is 0. The fourth-order valence-electron chi connectivity index (χ4n) is 1.48. The number of rotatable bonds is 0. The molecule has 0 aromatic rings. The van der Waals surface area contributed by atoms with Crippen LogP contribution in [0.4, 0.5) is 0 Å². The molecule has 128 valence electrons. The van der Waals surface area contributed by atoms with Gasteiger partial charge in [-0.05, 0) is 0 Å². The van der Waals surface area contributed by atoms with Crippen LogP contribution >= 0.6 is 0 Å². The molecule has 0 N–H and O–H groups in total. The minimum absolute atomic E-state index is 0.150. The normalized spacial score (nSPS) is 15.0. The van der Waals surface area contributed by atoms with Crippen LogP contribution in [0, 0.1) is 9.62 Å². The molecule has 0 radical (unpaired) electrons. The average Bonchev–Trinajstić information content (AvgIpc) is 1.83. The summed E-state index contributed by atoms with van der Waals surface area (Å²) < 4.78 is 22.7. The molecule has 0 aliphatic heterocycles. The van der Waals surface area contributed by atoms with Gasteiger partial charge in [0.05, 0.1) is 0 Å². The van der Waals surface area contributed by atoms with E-state index in [1.54, 1.807) is 0 Å². The SMILES string of the molecule is CC(C)(C)[C]#[Mo]([O]C(C)(C)C)([O]C(C)(C)C)[O]C(C)(C)C. The zero-order valence-electron chi connectivity index (χ0n) is 16.1. The number of hydrogen-bond acceptors (Lipinski definition) is 3. The molecule has 0 fully saturated rings. The Morgan fingerprint density at radius 3 is 0.905 bits per heavy atom. The second kappa shape index (κ2) is 6.46. The summed E-state index contributed by atoms with van der Waals surface area (Å²) in [5.74, 6) is 0. The Balaban J connectivity index is 6.15. The van der Waals surface area contributed by atoms with E-state index in [2.05, 4.69) is 25.0 Å². The fraction of sp³-hybridized carbons (Fsp3) is 0.941. The van der Waals surface area contributed by atoms with Crippen molar-refractivity contribution < 1.29 is 26.7 Å². The van der Waals surface area contributed by atoms with Gasteiger partial charge in [0.25, 0.3) is 0 Å². The zero-order valence-corrected chi connectivity index (χ0v) is 18.1. The summed E-state index contributed by atoms with van der Waals surface area (Å²) in [4.78, 5) is 0. The maximum absolute atomic E-state index is 6.39. The summed E-state index contributed by atoms with van der Waals surface area (Å²) in [5.41, 5.74) is -1.16. The van der Waals surface area contributed by atoms with Crippen molar-refractivity contribution in [1.29, 1.82) is 0 Å². The van der Waals surface area contributed by atoms with Crippen molar-refractivity contribution in [3.8, 4) is 4.20 Å². The molecule has 4 heteroatoms. The molecule has 0 saturated carbocycles. The van der Waals surface area contributed by atoms with Crippen LogP contribution < -0.4 is 0 Å². The Hall–Kier alpha value is 0.348. The molecule has 0 aliphatic carbocycles. The van der Waals surface area contributed by atoms with E-state index in [9.17, 15) is 0 Å². The predicted octanol–water partition coefficient (Wildman–Crippen LogP) is 5.34. The summed E-state index contributed by atoms with van der Waals surface area (Å²) in [6.07, 6.45) is 0. The Morgan fingerprint density at radius 2 is 0.762 bits per heavy atom. The van der Waals surface area contributed by atoms with E-state index < -0.39 is 16.5 Å². The van der Waals surface area contributed by atoms with Crippen molar-refractivity contribution in [2.75, 3.05) is 0 Å². The van der Waals surface area contributed by atoms with Gasteiger partial charge in [0.1, 0.15) is 0 Å². The van der Waals surface area contributed by atoms with Crippen LogP contribution in [0.5, 0.6) is 0 Å². The summed E-state index contributed by atoms with van der Waals surface area (Å²) in [6, 6.07) is 0. The molecule has 0 aliphatic rings. The Labute approximate surface area is 136 Å². The third kappa shape index (κ3) is 11.6. The van der Waals surface area contributed by atoms with Crippen molar-refractivity contribution in [2.45, 2.75) is 99.9 Å². The van der Waals surface area contributed by atoms with Gasteiger partial charge in [-0.15, -0.1) is 0 Å². The van der Waals surface area contributed by atoms with E-state index in [0.29, 0.717) is 0 Å². The molecule has 21 heavy (non-hydrogen) atoms. The van der Waals surface area contributed by atoms with Crippen molar-refractivity contribution in [2.24, 2.45) is 5.41 Å². The van der Waals surface area contributed by atoms with Crippen LogP contribution in [0.15, 0.2) is 0 Å². The molecule has 0 rings (SSSR count). The number of hydrogen-bond donors (Lipinski definition) is 0. The van der Waals surface area contributed by atoms with E-state index in [0.717, 1.165) is 0 Å². The predicted molar refractivity (Wildman–Crippen MR) is 85.9 cm³/mol. The van der Waals surface area contributed by atoms with Gasteiger partial charge in [-0.3, -0.25) is 0 Å². The van der Waals surface area contributed by atoms with Crippen LogP contribution in [0.1, 0.15) is 83.1 Å². The molecule has 0 aromatic carbocycles. The monoisotopic (exact) mass is 386 g/mol. The molecule has 0 amide bonds. The van der Waals surface area contributed by atoms with Crippen LogP contribution in [0.3, 0.4) is 0 Å². The Morgan fingerprint density at radius 1 is 0.524 bits per heavy atom. The molecular weight excluding hydrogens is 348 g/mol. The maximum atomic E-state index is 6.39. The van der Waals surface area contributed by atoms with Crippen LogP contribution in [-0.4, -0.2) is 16.8 Å². The van der Waals surface area contributed by atoms with Crippen LogP contribution in [0.25, 0.3) is 0 Å². The molecule has 3 nitrogen and oxygen atoms in total. The van der Waals surface area contributed by atoms with Gasteiger partial charge in [-0.1, -0.05) is 0 Å². The third-order valence-electron chi connectivity index (χ3n) is 1.51. The van der Waals surface area contributed by atoms with Crippen molar-refractivity contribution >= 4 is 0 Å². The standard InChI is InChI=1S/C5H9.3C4H9O.Mo/c1-5(2,3)4;3*1-4(2,3)5;/h4*1-3H3;/q;3*-1;+3. The van der Waals surface area contributed by atoms with Crippen molar-refractivity contribution in [3.63, 3.8) is 0 Å². The van der Waals surface area contributed by atoms with Crippen molar-refractivity contribution in [3.05, 3.63) is 0 Å². The molecule has 0 spiro atoms. The summed E-state index contributed by atoms with van der Waals surface area (Å²) >= 11 is -3.74. The second-order valence-corrected chi connectivity index (χ2v) is 13.4. The molecule has 0 aromatic heterocycles. The van der Waals surface area contributed by atoms with Gasteiger partial charge in [-0.2, -0.15) is 0 Å². The molecule has 0 heterocycles. The average molecular weight is 384 g/mol. The van der Waals surface area contributed by atoms with E-state index in [1.807, 2.05) is 62.3 Å². The quantitative estimate of drug-likeness (QED) is 0.528. The first kappa shape index (κ1) is 21.3. The third-order valence-corrected chi connectivity index (χ3v) is 8.94. The molecule has 0 unspecified atom stereocenters. The van der Waals surface area contributed by atoms with E-state index in [-0.39, 0.29) is 22.2 Å². The van der Waals surface area contributed by atoms with Gasteiger partial charge in [-0.25, -0.2) is 0 Å². The van der Waals surface area contributed by atoms with E-state index in [1.165, 1.54) is 0 Å². The van der Waals surface area contributed by atoms with Gasteiger partial charge < -0.3 is 0 Å². The van der Waals surface area contributed by atoms with Gasteiger partial charge in [0, 0.05) is 0 Å². The minimum atomic E-state index is -3.74. The summed E-state index contributed by atoms with van der Waals surface area (Å²) in [5, 5.41) is 0. The van der Waals surface area contributed by atoms with Crippen molar-refractivity contribution in [1.82, 2.24) is 0 Å². The van der Waals surface area contributed by atoms with Gasteiger partial charge in [0.15, 0.2) is 0 Å². The first-order valence-corrected chi connectivity index (χ1v) is 11.0. The molecule has 0 bridgehead atoms. The molecule has 0 atom stereocenters. The zero-order chi connectivity index (χ0) is 17.3. The van der Waals surface area contributed by atoms with E-state index in [4.69, 9.17) is 10.2 Å². The van der Waals surface area contributed by atoms with Gasteiger partial charge in [0.2, 0.25) is 0 Å². The second-order valence-electron chi connectivity index (χ2n) is 9.39. The Kier molecular flexibility index (Phi) is 6.56. The van der Waals surface area contributed by atoms with Gasteiger partial charge >= 0.3 is 136 Å². The molecule has 0 saturated heterocycles. The van der Waals surface area contributed by atoms with E-state index >= 15 is 0 Å². The van der Waals surface area contributed by atoms with Crippen LogP contribution in [0.2, 0.25) is 0 Å².